The average Bonchev–Trinajstić information content (AvgIpc) is 2.97. The summed E-state index contributed by atoms with van der Waals surface area (Å²) >= 11 is 5.87. The normalized spacial score (nSPS) is 14.0. The summed E-state index contributed by atoms with van der Waals surface area (Å²) in [5.74, 6) is 1.88. The van der Waals surface area contributed by atoms with Gasteiger partial charge >= 0.3 is 0 Å². The number of benzene rings is 3. The predicted molar refractivity (Wildman–Crippen MR) is 155 cm³/mol. The summed E-state index contributed by atoms with van der Waals surface area (Å²) in [7, 11) is 3.38. The van der Waals surface area contributed by atoms with Crippen molar-refractivity contribution in [1.82, 2.24) is 10.2 Å². The number of rotatable bonds is 11. The quantitative estimate of drug-likeness (QED) is 0.287. The first kappa shape index (κ1) is 28.5. The van der Waals surface area contributed by atoms with Gasteiger partial charge in [-0.2, -0.15) is 0 Å². The maximum atomic E-state index is 12.5. The predicted octanol–water partition coefficient (Wildman–Crippen LogP) is 6.00. The number of ether oxygens (including phenoxy) is 2. The summed E-state index contributed by atoms with van der Waals surface area (Å²) in [5, 5.41) is 6.40. The van der Waals surface area contributed by atoms with Crippen molar-refractivity contribution in [2.75, 3.05) is 45.7 Å². The van der Waals surface area contributed by atoms with E-state index in [0.29, 0.717) is 34.3 Å². The zero-order chi connectivity index (χ0) is 27.6. The summed E-state index contributed by atoms with van der Waals surface area (Å²) in [4.78, 5) is 27.4. The van der Waals surface area contributed by atoms with Crippen molar-refractivity contribution in [3.05, 3.63) is 88.4 Å². The largest absolute Gasteiger partial charge is 0.497 e. The van der Waals surface area contributed by atoms with Gasteiger partial charge in [0, 0.05) is 34.4 Å². The van der Waals surface area contributed by atoms with E-state index in [0.717, 1.165) is 56.8 Å². The minimum Gasteiger partial charge on any atom is -0.497 e. The Kier molecular flexibility index (Phi) is 10.2. The molecular formula is C31H36ClN3O4. The highest BCUT2D eigenvalue weighted by Crippen LogP contribution is 2.36. The van der Waals surface area contributed by atoms with Crippen LogP contribution in [0.1, 0.15) is 57.9 Å². The highest BCUT2D eigenvalue weighted by Gasteiger charge is 2.23. The van der Waals surface area contributed by atoms with Gasteiger partial charge in [0.1, 0.15) is 11.5 Å². The van der Waals surface area contributed by atoms with Gasteiger partial charge in [0.15, 0.2) is 0 Å². The summed E-state index contributed by atoms with van der Waals surface area (Å²) < 4.78 is 10.9. The standard InChI is InChI=1S/C31H36ClN3O4/c1-38-27-13-14-28(29(21-27)39-2)22-15-19-35(20-16-22)18-4-3-17-33-30(36)23-7-11-26(12-8-23)34-31(37)24-5-9-25(32)10-6-24/h5-14,21-22H,3-4,15-20H2,1-2H3,(H,33,36)(H,34,37). The van der Waals surface area contributed by atoms with Crippen LogP contribution in [0, 0.1) is 0 Å². The lowest BCUT2D eigenvalue weighted by molar-refractivity contribution is 0.0951. The highest BCUT2D eigenvalue weighted by atomic mass is 35.5. The Morgan fingerprint density at radius 3 is 2.21 bits per heavy atom. The van der Waals surface area contributed by atoms with Gasteiger partial charge in [-0.3, -0.25) is 9.59 Å². The van der Waals surface area contributed by atoms with Crippen LogP contribution in [-0.4, -0.2) is 57.1 Å². The monoisotopic (exact) mass is 549 g/mol. The Labute approximate surface area is 235 Å². The van der Waals surface area contributed by atoms with Crippen molar-refractivity contribution in [2.45, 2.75) is 31.6 Å². The Morgan fingerprint density at radius 1 is 0.872 bits per heavy atom. The lowest BCUT2D eigenvalue weighted by Gasteiger charge is -2.32. The molecule has 0 saturated carbocycles. The molecule has 0 atom stereocenters. The molecule has 2 amide bonds. The van der Waals surface area contributed by atoms with Crippen LogP contribution in [0.5, 0.6) is 11.5 Å². The van der Waals surface area contributed by atoms with E-state index in [4.69, 9.17) is 21.1 Å². The number of piperidine rings is 1. The number of hydrogen-bond donors (Lipinski definition) is 2. The van der Waals surface area contributed by atoms with Gasteiger partial charge < -0.3 is 25.0 Å². The molecule has 0 spiro atoms. The number of hydrogen-bond acceptors (Lipinski definition) is 5. The second-order valence-corrected chi connectivity index (χ2v) is 10.2. The molecule has 2 N–H and O–H groups in total. The molecule has 1 heterocycles. The van der Waals surface area contributed by atoms with Gasteiger partial charge in [-0.15, -0.1) is 0 Å². The van der Waals surface area contributed by atoms with E-state index >= 15 is 0 Å². The van der Waals surface area contributed by atoms with E-state index in [9.17, 15) is 9.59 Å². The van der Waals surface area contributed by atoms with Crippen molar-refractivity contribution in [1.29, 1.82) is 0 Å². The van der Waals surface area contributed by atoms with E-state index in [2.05, 4.69) is 21.6 Å². The van der Waals surface area contributed by atoms with Crippen molar-refractivity contribution >= 4 is 29.1 Å². The van der Waals surface area contributed by atoms with Crippen LogP contribution in [0.2, 0.25) is 5.02 Å². The lowest BCUT2D eigenvalue weighted by Crippen LogP contribution is -2.34. The van der Waals surface area contributed by atoms with Gasteiger partial charge in [0.25, 0.3) is 11.8 Å². The number of halogens is 1. The fourth-order valence-electron chi connectivity index (χ4n) is 4.90. The first-order valence-corrected chi connectivity index (χ1v) is 13.7. The molecule has 3 aromatic rings. The molecule has 4 rings (SSSR count). The fraction of sp³-hybridized carbons (Fsp3) is 0.355. The van der Waals surface area contributed by atoms with Crippen LogP contribution < -0.4 is 20.1 Å². The first-order chi connectivity index (χ1) is 19.0. The topological polar surface area (TPSA) is 79.9 Å². The zero-order valence-electron chi connectivity index (χ0n) is 22.5. The number of nitrogens with zero attached hydrogens (tertiary/aromatic N) is 1. The Hall–Kier alpha value is -3.55. The molecule has 0 radical (unpaired) electrons. The Morgan fingerprint density at radius 2 is 1.54 bits per heavy atom. The van der Waals surface area contributed by atoms with E-state index < -0.39 is 0 Å². The number of nitrogens with one attached hydrogen (secondary N) is 2. The van der Waals surface area contributed by atoms with Crippen LogP contribution in [-0.2, 0) is 0 Å². The maximum Gasteiger partial charge on any atom is 0.255 e. The number of carbonyl (C=O) groups excluding carboxylic acids is 2. The molecule has 1 aliphatic heterocycles. The molecule has 0 unspecified atom stereocenters. The molecule has 8 heteroatoms. The van der Waals surface area contributed by atoms with Crippen molar-refractivity contribution in [2.24, 2.45) is 0 Å². The number of unbranched alkanes of at least 4 members (excludes halogenated alkanes) is 1. The Balaban J connectivity index is 1.13. The second kappa shape index (κ2) is 14.0. The first-order valence-electron chi connectivity index (χ1n) is 13.4. The molecule has 7 nitrogen and oxygen atoms in total. The van der Waals surface area contributed by atoms with Crippen LogP contribution in [0.3, 0.4) is 0 Å². The minimum atomic E-state index is -0.228. The van der Waals surface area contributed by atoms with E-state index in [1.165, 1.54) is 5.56 Å². The third-order valence-electron chi connectivity index (χ3n) is 7.17. The van der Waals surface area contributed by atoms with E-state index in [1.54, 1.807) is 62.8 Å². The molecule has 0 bridgehead atoms. The third kappa shape index (κ3) is 7.97. The Bertz CT molecular complexity index is 1240. The maximum absolute atomic E-state index is 12.5. The summed E-state index contributed by atoms with van der Waals surface area (Å²) in [6.45, 7) is 3.79. The van der Waals surface area contributed by atoms with Gasteiger partial charge in [-0.05, 0) is 111 Å². The highest BCUT2D eigenvalue weighted by molar-refractivity contribution is 6.30. The lowest BCUT2D eigenvalue weighted by atomic mass is 9.88. The molecule has 1 aliphatic rings. The van der Waals surface area contributed by atoms with E-state index in [1.807, 2.05) is 12.1 Å². The smallest absolute Gasteiger partial charge is 0.255 e. The number of methoxy groups -OCH3 is 2. The molecule has 0 aliphatic carbocycles. The molecule has 0 aromatic heterocycles. The fourth-order valence-corrected chi connectivity index (χ4v) is 5.02. The van der Waals surface area contributed by atoms with Crippen LogP contribution >= 0.6 is 11.6 Å². The second-order valence-electron chi connectivity index (χ2n) is 9.73. The molecule has 39 heavy (non-hydrogen) atoms. The molecule has 1 saturated heterocycles. The molecular weight excluding hydrogens is 514 g/mol. The van der Waals surface area contributed by atoms with Gasteiger partial charge in [0.05, 0.1) is 14.2 Å². The van der Waals surface area contributed by atoms with Crippen LogP contribution in [0.15, 0.2) is 66.7 Å². The zero-order valence-corrected chi connectivity index (χ0v) is 23.3. The van der Waals surface area contributed by atoms with Crippen molar-refractivity contribution < 1.29 is 19.1 Å². The van der Waals surface area contributed by atoms with Gasteiger partial charge in [0.2, 0.25) is 0 Å². The minimum absolute atomic E-state index is 0.111. The summed E-state index contributed by atoms with van der Waals surface area (Å²) in [6.07, 6.45) is 4.17. The SMILES string of the molecule is COc1ccc(C2CCN(CCCCNC(=O)c3ccc(NC(=O)c4ccc(Cl)cc4)cc3)CC2)c(OC)c1. The van der Waals surface area contributed by atoms with Gasteiger partial charge in [-0.1, -0.05) is 17.7 Å². The average molecular weight is 550 g/mol. The number of amides is 2. The molecule has 3 aromatic carbocycles. The van der Waals surface area contributed by atoms with Crippen molar-refractivity contribution in [3.8, 4) is 11.5 Å². The number of anilines is 1. The number of carbonyl (C=O) groups is 2. The molecule has 1 fully saturated rings. The number of likely N-dealkylation sites (tertiary alicyclic amines) is 1. The van der Waals surface area contributed by atoms with Gasteiger partial charge in [-0.25, -0.2) is 0 Å². The van der Waals surface area contributed by atoms with Crippen molar-refractivity contribution in [3.63, 3.8) is 0 Å². The van der Waals surface area contributed by atoms with Crippen LogP contribution in [0.4, 0.5) is 5.69 Å². The van der Waals surface area contributed by atoms with E-state index in [-0.39, 0.29) is 11.8 Å². The third-order valence-corrected chi connectivity index (χ3v) is 7.42. The van der Waals surface area contributed by atoms with Crippen LogP contribution in [0.25, 0.3) is 0 Å². The summed E-state index contributed by atoms with van der Waals surface area (Å²) in [6, 6.07) is 19.7. The molecule has 206 valence electrons. The summed E-state index contributed by atoms with van der Waals surface area (Å²) in [5.41, 5.74) is 2.97.